The lowest BCUT2D eigenvalue weighted by atomic mass is 9.82. The molecule has 1 heterocycles. The van der Waals surface area contributed by atoms with Crippen LogP contribution >= 0.6 is 0 Å². The van der Waals surface area contributed by atoms with Gasteiger partial charge in [0.05, 0.1) is 7.11 Å². The van der Waals surface area contributed by atoms with Crippen molar-refractivity contribution < 1.29 is 9.84 Å². The molecule has 1 saturated heterocycles. The Kier molecular flexibility index (Phi) is 6.70. The Morgan fingerprint density at radius 2 is 1.54 bits per heavy atom. The van der Waals surface area contributed by atoms with E-state index in [0.717, 1.165) is 36.1 Å². The minimum absolute atomic E-state index is 0.739. The minimum Gasteiger partial charge on any atom is -0.497 e. The fourth-order valence-electron chi connectivity index (χ4n) is 3.94. The van der Waals surface area contributed by atoms with Crippen LogP contribution in [0.5, 0.6) is 5.75 Å². The first-order valence-electron chi connectivity index (χ1n) is 9.87. The standard InChI is InChI=1S/C23H31NO2/c1-26-22-14-12-21(13-15-22)23(25,20-10-4-2-5-11-20)16-6-3-7-17-24-18-8-9-19-24/h2,4-5,10-15,25H,3,6-9,16-19H2,1H3. The van der Waals surface area contributed by atoms with Crippen LogP contribution in [0, 0.1) is 0 Å². The molecule has 0 aliphatic carbocycles. The van der Waals surface area contributed by atoms with Crippen molar-refractivity contribution in [3.63, 3.8) is 0 Å². The van der Waals surface area contributed by atoms with Gasteiger partial charge < -0.3 is 14.7 Å². The van der Waals surface area contributed by atoms with Gasteiger partial charge in [-0.2, -0.15) is 0 Å². The predicted molar refractivity (Wildman–Crippen MR) is 107 cm³/mol. The van der Waals surface area contributed by atoms with Crippen molar-refractivity contribution in [2.75, 3.05) is 26.7 Å². The number of unbranched alkanes of at least 4 members (excludes halogenated alkanes) is 2. The SMILES string of the molecule is COc1ccc(C(O)(CCCCCN2CCCC2)c2ccccc2)cc1. The van der Waals surface area contributed by atoms with Crippen molar-refractivity contribution in [3.05, 3.63) is 65.7 Å². The van der Waals surface area contributed by atoms with Gasteiger partial charge in [-0.3, -0.25) is 0 Å². The van der Waals surface area contributed by atoms with E-state index in [4.69, 9.17) is 4.74 Å². The van der Waals surface area contributed by atoms with Crippen LogP contribution in [-0.4, -0.2) is 36.8 Å². The van der Waals surface area contributed by atoms with E-state index < -0.39 is 5.60 Å². The molecule has 0 amide bonds. The number of likely N-dealkylation sites (tertiary alicyclic amines) is 1. The monoisotopic (exact) mass is 353 g/mol. The molecule has 2 aromatic rings. The number of hydrogen-bond donors (Lipinski definition) is 1. The van der Waals surface area contributed by atoms with Crippen molar-refractivity contribution in [1.82, 2.24) is 4.90 Å². The van der Waals surface area contributed by atoms with Gasteiger partial charge in [-0.25, -0.2) is 0 Å². The summed E-state index contributed by atoms with van der Waals surface area (Å²) in [4.78, 5) is 2.56. The molecule has 0 bridgehead atoms. The first-order valence-corrected chi connectivity index (χ1v) is 9.87. The van der Waals surface area contributed by atoms with E-state index in [1.165, 1.54) is 38.9 Å². The van der Waals surface area contributed by atoms with E-state index in [-0.39, 0.29) is 0 Å². The first kappa shape index (κ1) is 18.9. The Hall–Kier alpha value is -1.84. The highest BCUT2D eigenvalue weighted by atomic mass is 16.5. The molecule has 0 spiro atoms. The summed E-state index contributed by atoms with van der Waals surface area (Å²) < 4.78 is 5.26. The van der Waals surface area contributed by atoms with Gasteiger partial charge in [0.2, 0.25) is 0 Å². The second kappa shape index (κ2) is 9.20. The average molecular weight is 354 g/mol. The molecule has 3 nitrogen and oxygen atoms in total. The summed E-state index contributed by atoms with van der Waals surface area (Å²) in [6.07, 6.45) is 6.83. The summed E-state index contributed by atoms with van der Waals surface area (Å²) >= 11 is 0. The maximum Gasteiger partial charge on any atom is 0.118 e. The van der Waals surface area contributed by atoms with Crippen molar-refractivity contribution in [2.24, 2.45) is 0 Å². The summed E-state index contributed by atoms with van der Waals surface area (Å²) in [5.74, 6) is 0.815. The molecule has 2 aromatic carbocycles. The van der Waals surface area contributed by atoms with Crippen molar-refractivity contribution in [2.45, 2.75) is 44.1 Å². The van der Waals surface area contributed by atoms with Gasteiger partial charge in [0.15, 0.2) is 0 Å². The predicted octanol–water partition coefficient (Wildman–Crippen LogP) is 4.59. The quantitative estimate of drug-likeness (QED) is 0.670. The van der Waals surface area contributed by atoms with Crippen LogP contribution in [0.15, 0.2) is 54.6 Å². The highest BCUT2D eigenvalue weighted by Gasteiger charge is 2.30. The molecule has 1 unspecified atom stereocenters. The van der Waals surface area contributed by atoms with E-state index in [1.54, 1.807) is 7.11 Å². The van der Waals surface area contributed by atoms with Crippen LogP contribution in [0.25, 0.3) is 0 Å². The molecule has 1 atom stereocenters. The minimum atomic E-state index is -0.943. The Bertz CT molecular complexity index is 650. The second-order valence-corrected chi connectivity index (χ2v) is 7.31. The zero-order chi connectivity index (χ0) is 18.2. The zero-order valence-electron chi connectivity index (χ0n) is 15.9. The molecule has 0 saturated carbocycles. The summed E-state index contributed by atoms with van der Waals surface area (Å²) in [5, 5.41) is 11.6. The molecule has 0 aromatic heterocycles. The van der Waals surface area contributed by atoms with E-state index in [0.29, 0.717) is 0 Å². The van der Waals surface area contributed by atoms with Crippen LogP contribution in [0.1, 0.15) is 49.7 Å². The second-order valence-electron chi connectivity index (χ2n) is 7.31. The maximum atomic E-state index is 11.6. The Labute approximate surface area is 157 Å². The summed E-state index contributed by atoms with van der Waals surface area (Å²) in [7, 11) is 1.67. The third-order valence-electron chi connectivity index (χ3n) is 5.53. The Morgan fingerprint density at radius 3 is 2.19 bits per heavy atom. The molecule has 26 heavy (non-hydrogen) atoms. The molecule has 0 radical (unpaired) electrons. The van der Waals surface area contributed by atoms with Crippen molar-refractivity contribution in [3.8, 4) is 5.75 Å². The van der Waals surface area contributed by atoms with E-state index >= 15 is 0 Å². The smallest absolute Gasteiger partial charge is 0.118 e. The summed E-state index contributed by atoms with van der Waals surface area (Å²) in [5.41, 5.74) is 0.954. The molecule has 1 N–H and O–H groups in total. The average Bonchev–Trinajstić information content (AvgIpc) is 3.22. The molecule has 3 rings (SSSR count). The molecular weight excluding hydrogens is 322 g/mol. The van der Waals surface area contributed by atoms with E-state index in [1.807, 2.05) is 54.6 Å². The number of aliphatic hydroxyl groups is 1. The maximum absolute atomic E-state index is 11.6. The highest BCUT2D eigenvalue weighted by molar-refractivity contribution is 5.38. The highest BCUT2D eigenvalue weighted by Crippen LogP contribution is 2.35. The number of hydrogen-bond acceptors (Lipinski definition) is 3. The molecule has 1 aliphatic rings. The lowest BCUT2D eigenvalue weighted by Crippen LogP contribution is -2.27. The third kappa shape index (κ3) is 4.66. The van der Waals surface area contributed by atoms with Gasteiger partial charge in [0.25, 0.3) is 0 Å². The largest absolute Gasteiger partial charge is 0.497 e. The van der Waals surface area contributed by atoms with E-state index in [2.05, 4.69) is 4.90 Å². The topological polar surface area (TPSA) is 32.7 Å². The number of rotatable bonds is 9. The number of nitrogens with zero attached hydrogens (tertiary/aromatic N) is 1. The van der Waals surface area contributed by atoms with Gasteiger partial charge in [0, 0.05) is 0 Å². The molecule has 140 valence electrons. The van der Waals surface area contributed by atoms with Crippen LogP contribution in [0.2, 0.25) is 0 Å². The number of ether oxygens (including phenoxy) is 1. The summed E-state index contributed by atoms with van der Waals surface area (Å²) in [6.45, 7) is 3.73. The molecule has 1 fully saturated rings. The van der Waals surface area contributed by atoms with E-state index in [9.17, 15) is 5.11 Å². The lowest BCUT2D eigenvalue weighted by molar-refractivity contribution is 0.0676. The van der Waals surface area contributed by atoms with Crippen LogP contribution < -0.4 is 4.74 Å². The van der Waals surface area contributed by atoms with Gasteiger partial charge in [-0.1, -0.05) is 48.9 Å². The number of methoxy groups -OCH3 is 1. The Morgan fingerprint density at radius 1 is 0.885 bits per heavy atom. The fraction of sp³-hybridized carbons (Fsp3) is 0.478. The summed E-state index contributed by atoms with van der Waals surface area (Å²) in [6, 6.07) is 17.9. The van der Waals surface area contributed by atoms with Gasteiger partial charge >= 0.3 is 0 Å². The van der Waals surface area contributed by atoms with Crippen LogP contribution in [0.4, 0.5) is 0 Å². The fourth-order valence-corrected chi connectivity index (χ4v) is 3.94. The van der Waals surface area contributed by atoms with Gasteiger partial charge in [0.1, 0.15) is 11.4 Å². The molecule has 1 aliphatic heterocycles. The van der Waals surface area contributed by atoms with Crippen LogP contribution in [0.3, 0.4) is 0 Å². The van der Waals surface area contributed by atoms with Crippen molar-refractivity contribution in [1.29, 1.82) is 0 Å². The van der Waals surface area contributed by atoms with Crippen LogP contribution in [-0.2, 0) is 5.60 Å². The Balaban J connectivity index is 1.64. The molecular formula is C23H31NO2. The third-order valence-corrected chi connectivity index (χ3v) is 5.53. The first-order chi connectivity index (χ1) is 12.7. The van der Waals surface area contributed by atoms with Gasteiger partial charge in [-0.15, -0.1) is 0 Å². The van der Waals surface area contributed by atoms with Crippen molar-refractivity contribution >= 4 is 0 Å². The molecule has 3 heteroatoms. The number of benzene rings is 2. The van der Waals surface area contributed by atoms with Gasteiger partial charge in [-0.05, 0) is 75.0 Å². The zero-order valence-corrected chi connectivity index (χ0v) is 15.9. The lowest BCUT2D eigenvalue weighted by Gasteiger charge is -2.30. The normalized spacial score (nSPS) is 17.2.